The van der Waals surface area contributed by atoms with Crippen LogP contribution < -0.4 is 5.32 Å². The predicted octanol–water partition coefficient (Wildman–Crippen LogP) is 4.58. The first-order chi connectivity index (χ1) is 11.1. The minimum absolute atomic E-state index is 0.151. The molecule has 0 radical (unpaired) electrons. The van der Waals surface area contributed by atoms with Crippen molar-refractivity contribution in [2.75, 3.05) is 18.4 Å². The highest BCUT2D eigenvalue weighted by Gasteiger charge is 2.31. The van der Waals surface area contributed by atoms with Crippen molar-refractivity contribution in [3.05, 3.63) is 28.2 Å². The third kappa shape index (κ3) is 5.56. The van der Waals surface area contributed by atoms with Gasteiger partial charge in [0, 0.05) is 28.8 Å². The highest BCUT2D eigenvalue weighted by Crippen LogP contribution is 2.25. The fraction of sp³-hybridized carbons (Fsp3) is 0.529. The first-order valence-corrected chi connectivity index (χ1v) is 8.64. The van der Waals surface area contributed by atoms with Crippen LogP contribution in [0, 0.1) is 5.92 Å². The number of hydrogen-bond acceptors (Lipinski definition) is 3. The third-order valence-corrected chi connectivity index (χ3v) is 4.01. The number of rotatable bonds is 2. The summed E-state index contributed by atoms with van der Waals surface area (Å²) >= 11 is 11.9. The lowest BCUT2D eigenvalue weighted by Crippen LogP contribution is -2.45. The summed E-state index contributed by atoms with van der Waals surface area (Å²) in [7, 11) is 0. The number of nitrogens with one attached hydrogen (secondary N) is 1. The van der Waals surface area contributed by atoms with E-state index in [-0.39, 0.29) is 17.9 Å². The van der Waals surface area contributed by atoms with Gasteiger partial charge in [-0.15, -0.1) is 0 Å². The summed E-state index contributed by atoms with van der Waals surface area (Å²) in [5.41, 5.74) is -0.00372. The molecule has 7 heteroatoms. The van der Waals surface area contributed by atoms with Gasteiger partial charge in [-0.05, 0) is 51.8 Å². The second-order valence-electron chi connectivity index (χ2n) is 6.91. The summed E-state index contributed by atoms with van der Waals surface area (Å²) in [6.45, 7) is 6.41. The molecule has 1 aliphatic heterocycles. The molecule has 132 valence electrons. The monoisotopic (exact) mass is 372 g/mol. The molecule has 0 saturated carbocycles. The molecule has 1 atom stereocenters. The number of ether oxygens (including phenoxy) is 1. The molecule has 0 bridgehead atoms. The fourth-order valence-corrected chi connectivity index (χ4v) is 3.08. The quantitative estimate of drug-likeness (QED) is 0.826. The summed E-state index contributed by atoms with van der Waals surface area (Å²) in [6, 6.07) is 4.88. The highest BCUT2D eigenvalue weighted by atomic mass is 35.5. The molecule has 1 aromatic carbocycles. The Morgan fingerprint density at radius 2 is 1.83 bits per heavy atom. The zero-order valence-corrected chi connectivity index (χ0v) is 15.6. The van der Waals surface area contributed by atoms with Crippen molar-refractivity contribution >= 4 is 40.9 Å². The number of piperidine rings is 1. The first kappa shape index (κ1) is 18.9. The number of carbonyl (C=O) groups excluding carboxylic acids is 2. The Morgan fingerprint density at radius 1 is 1.21 bits per heavy atom. The van der Waals surface area contributed by atoms with E-state index < -0.39 is 5.60 Å². The second kappa shape index (κ2) is 7.62. The number of amides is 2. The number of carbonyl (C=O) groups is 2. The maximum Gasteiger partial charge on any atom is 0.410 e. The van der Waals surface area contributed by atoms with Gasteiger partial charge in [-0.2, -0.15) is 0 Å². The molecule has 2 amide bonds. The van der Waals surface area contributed by atoms with Crippen LogP contribution in [0.5, 0.6) is 0 Å². The summed E-state index contributed by atoms with van der Waals surface area (Å²) < 4.78 is 5.38. The van der Waals surface area contributed by atoms with Gasteiger partial charge in [0.2, 0.25) is 5.91 Å². The molecule has 1 heterocycles. The normalized spacial score (nSPS) is 18.2. The van der Waals surface area contributed by atoms with Crippen molar-refractivity contribution < 1.29 is 14.3 Å². The Kier molecular flexibility index (Phi) is 5.99. The van der Waals surface area contributed by atoms with Gasteiger partial charge in [0.25, 0.3) is 0 Å². The molecular formula is C17H22Cl2N2O3. The zero-order valence-electron chi connectivity index (χ0n) is 14.1. The lowest BCUT2D eigenvalue weighted by atomic mass is 9.97. The Hall–Kier alpha value is -1.46. The molecule has 0 aromatic heterocycles. The summed E-state index contributed by atoms with van der Waals surface area (Å²) in [5, 5.41) is 3.73. The number of hydrogen-bond donors (Lipinski definition) is 1. The van der Waals surface area contributed by atoms with Crippen LogP contribution >= 0.6 is 23.2 Å². The van der Waals surface area contributed by atoms with Gasteiger partial charge in [-0.3, -0.25) is 4.79 Å². The predicted molar refractivity (Wildman–Crippen MR) is 95.6 cm³/mol. The van der Waals surface area contributed by atoms with E-state index in [9.17, 15) is 9.59 Å². The topological polar surface area (TPSA) is 58.6 Å². The number of nitrogens with zero attached hydrogens (tertiary/aromatic N) is 1. The van der Waals surface area contributed by atoms with Crippen molar-refractivity contribution in [3.8, 4) is 0 Å². The molecule has 1 fully saturated rings. The van der Waals surface area contributed by atoms with Gasteiger partial charge in [-0.25, -0.2) is 4.79 Å². The van der Waals surface area contributed by atoms with Crippen molar-refractivity contribution in [2.45, 2.75) is 39.2 Å². The number of halogens is 2. The molecule has 0 spiro atoms. The molecule has 5 nitrogen and oxygen atoms in total. The van der Waals surface area contributed by atoms with E-state index in [0.717, 1.165) is 12.8 Å². The van der Waals surface area contributed by atoms with Crippen molar-refractivity contribution in [3.63, 3.8) is 0 Å². The maximum atomic E-state index is 12.5. The van der Waals surface area contributed by atoms with E-state index in [2.05, 4.69) is 5.32 Å². The van der Waals surface area contributed by atoms with Crippen molar-refractivity contribution in [2.24, 2.45) is 5.92 Å². The Morgan fingerprint density at radius 3 is 2.42 bits per heavy atom. The number of benzene rings is 1. The van der Waals surface area contributed by atoms with E-state index in [4.69, 9.17) is 27.9 Å². The van der Waals surface area contributed by atoms with Gasteiger partial charge in [0.15, 0.2) is 0 Å². The third-order valence-electron chi connectivity index (χ3n) is 3.57. The first-order valence-electron chi connectivity index (χ1n) is 7.89. The van der Waals surface area contributed by atoms with E-state index in [1.165, 1.54) is 0 Å². The molecule has 1 saturated heterocycles. The smallest absolute Gasteiger partial charge is 0.410 e. The number of likely N-dealkylation sites (tertiary alicyclic amines) is 1. The van der Waals surface area contributed by atoms with E-state index in [1.54, 1.807) is 23.1 Å². The van der Waals surface area contributed by atoms with Crippen LogP contribution in [0.1, 0.15) is 33.6 Å². The average molecular weight is 373 g/mol. The molecule has 0 aliphatic carbocycles. The maximum absolute atomic E-state index is 12.5. The van der Waals surface area contributed by atoms with Crippen LogP contribution in [0.4, 0.5) is 10.5 Å². The van der Waals surface area contributed by atoms with Crippen molar-refractivity contribution in [1.82, 2.24) is 4.90 Å². The fourth-order valence-electron chi connectivity index (χ4n) is 2.55. The summed E-state index contributed by atoms with van der Waals surface area (Å²) in [5.74, 6) is -0.439. The van der Waals surface area contributed by atoms with E-state index in [0.29, 0.717) is 28.8 Å². The Labute approximate surface area is 152 Å². The molecule has 24 heavy (non-hydrogen) atoms. The lowest BCUT2D eigenvalue weighted by Gasteiger charge is -2.33. The zero-order chi connectivity index (χ0) is 17.9. The average Bonchev–Trinajstić information content (AvgIpc) is 2.44. The summed E-state index contributed by atoms with van der Waals surface area (Å²) in [4.78, 5) is 26.2. The van der Waals surface area contributed by atoms with E-state index in [1.807, 2.05) is 20.8 Å². The highest BCUT2D eigenvalue weighted by molar-refractivity contribution is 6.35. The van der Waals surface area contributed by atoms with Crippen LogP contribution in [0.3, 0.4) is 0 Å². The van der Waals surface area contributed by atoms with Crippen LogP contribution in [-0.2, 0) is 9.53 Å². The van der Waals surface area contributed by atoms with Gasteiger partial charge >= 0.3 is 6.09 Å². The standard InChI is InChI=1S/C17H22Cl2N2O3/c1-17(2,3)24-16(23)21-6-4-5-11(10-21)15(22)20-14-8-12(18)7-13(19)9-14/h7-9,11H,4-6,10H2,1-3H3,(H,20,22)/t11-/m0/s1. The molecule has 1 aromatic rings. The van der Waals surface area contributed by atoms with Crippen molar-refractivity contribution in [1.29, 1.82) is 0 Å². The minimum atomic E-state index is -0.552. The number of anilines is 1. The lowest BCUT2D eigenvalue weighted by molar-refractivity contribution is -0.121. The van der Waals surface area contributed by atoms with Gasteiger partial charge in [-0.1, -0.05) is 23.2 Å². The van der Waals surface area contributed by atoms with Gasteiger partial charge < -0.3 is 15.0 Å². The van der Waals surface area contributed by atoms with Crippen LogP contribution in [0.2, 0.25) is 10.0 Å². The van der Waals surface area contributed by atoms with E-state index >= 15 is 0 Å². The Bertz CT molecular complexity index is 609. The second-order valence-corrected chi connectivity index (χ2v) is 7.79. The SMILES string of the molecule is CC(C)(C)OC(=O)N1CCC[C@H](C(=O)Nc2cc(Cl)cc(Cl)c2)C1. The molecule has 2 rings (SSSR count). The van der Waals surface area contributed by atoms with Gasteiger partial charge in [0.1, 0.15) is 5.60 Å². The molecule has 1 N–H and O–H groups in total. The van der Waals surface area contributed by atoms with Gasteiger partial charge in [0.05, 0.1) is 5.92 Å². The largest absolute Gasteiger partial charge is 0.444 e. The molecular weight excluding hydrogens is 351 g/mol. The van der Waals surface area contributed by atoms with Crippen LogP contribution in [-0.4, -0.2) is 35.6 Å². The molecule has 0 unspecified atom stereocenters. The minimum Gasteiger partial charge on any atom is -0.444 e. The summed E-state index contributed by atoms with van der Waals surface area (Å²) in [6.07, 6.45) is 1.10. The van der Waals surface area contributed by atoms with Crippen LogP contribution in [0.25, 0.3) is 0 Å². The Balaban J connectivity index is 1.98. The van der Waals surface area contributed by atoms with Crippen LogP contribution in [0.15, 0.2) is 18.2 Å². The molecule has 1 aliphatic rings.